The maximum atomic E-state index is 12.8. The molecule has 2 unspecified atom stereocenters. The van der Waals surface area contributed by atoms with Gasteiger partial charge >= 0.3 is 11.9 Å². The van der Waals surface area contributed by atoms with Gasteiger partial charge in [-0.3, -0.25) is 14.2 Å². The van der Waals surface area contributed by atoms with Gasteiger partial charge in [-0.15, -0.1) is 0 Å². The molecule has 9 nitrogen and oxygen atoms in total. The predicted octanol–water partition coefficient (Wildman–Crippen LogP) is 21.0. The number of hydrogen-bond acceptors (Lipinski definition) is 8. The zero-order valence-corrected chi connectivity index (χ0v) is 53.7. The van der Waals surface area contributed by atoms with Crippen LogP contribution in [0.4, 0.5) is 0 Å². The average molecular weight is 1130 g/mol. The molecule has 0 radical (unpaired) electrons. The second-order valence-electron chi connectivity index (χ2n) is 24.2. The molecule has 0 heterocycles. The van der Waals surface area contributed by atoms with Crippen LogP contribution >= 0.6 is 7.82 Å². The van der Waals surface area contributed by atoms with E-state index in [-0.39, 0.29) is 32.0 Å². The summed E-state index contributed by atoms with van der Waals surface area (Å²) in [5.74, 6) is -0.812. The van der Waals surface area contributed by atoms with Crippen molar-refractivity contribution in [3.8, 4) is 0 Å². The fraction of sp³-hybridized carbons (Fsp3) is 0.855. The number of nitrogens with zero attached hydrogens (tertiary/aromatic N) is 1. The van der Waals surface area contributed by atoms with E-state index in [0.717, 1.165) is 57.8 Å². The van der Waals surface area contributed by atoms with Gasteiger partial charge < -0.3 is 27.9 Å². The summed E-state index contributed by atoms with van der Waals surface area (Å²) in [7, 11) is 1.19. The van der Waals surface area contributed by atoms with E-state index in [1.807, 2.05) is 21.1 Å². The topological polar surface area (TPSA) is 111 Å². The Morgan fingerprint density at radius 3 is 1.08 bits per heavy atom. The van der Waals surface area contributed by atoms with Gasteiger partial charge in [-0.05, 0) is 51.4 Å². The van der Waals surface area contributed by atoms with Crippen LogP contribution in [0.3, 0.4) is 0 Å². The minimum atomic E-state index is -4.63. The van der Waals surface area contributed by atoms with Crippen molar-refractivity contribution in [1.82, 2.24) is 0 Å². The van der Waals surface area contributed by atoms with E-state index in [1.165, 1.54) is 238 Å². The fourth-order valence-corrected chi connectivity index (χ4v) is 10.7. The maximum absolute atomic E-state index is 12.8. The molecule has 0 rings (SSSR count). The first-order valence-electron chi connectivity index (χ1n) is 33.8. The summed E-state index contributed by atoms with van der Waals surface area (Å²) in [6.45, 7) is 4.19. The first-order chi connectivity index (χ1) is 38.5. The first-order valence-corrected chi connectivity index (χ1v) is 35.3. The summed E-state index contributed by atoms with van der Waals surface area (Å²) in [6.07, 6.45) is 77.7. The number of allylic oxidation sites excluding steroid dienone is 8. The van der Waals surface area contributed by atoms with Crippen molar-refractivity contribution in [2.45, 2.75) is 335 Å². The molecular weight excluding hydrogens is 1000 g/mol. The molecule has 0 aliphatic carbocycles. The van der Waals surface area contributed by atoms with Gasteiger partial charge in [0.25, 0.3) is 7.82 Å². The van der Waals surface area contributed by atoms with Crippen molar-refractivity contribution < 1.29 is 42.1 Å². The van der Waals surface area contributed by atoms with Gasteiger partial charge in [-0.25, -0.2) is 0 Å². The van der Waals surface area contributed by atoms with E-state index in [0.29, 0.717) is 17.4 Å². The van der Waals surface area contributed by atoms with Gasteiger partial charge in [0.2, 0.25) is 0 Å². The largest absolute Gasteiger partial charge is 0.756 e. The second-order valence-corrected chi connectivity index (χ2v) is 25.6. The molecule has 0 aliphatic heterocycles. The molecule has 0 aromatic heterocycles. The number of ether oxygens (including phenoxy) is 2. The van der Waals surface area contributed by atoms with E-state index in [2.05, 4.69) is 62.5 Å². The lowest BCUT2D eigenvalue weighted by atomic mass is 10.0. The molecule has 0 N–H and O–H groups in total. The lowest BCUT2D eigenvalue weighted by molar-refractivity contribution is -0.870. The van der Waals surface area contributed by atoms with E-state index in [1.54, 1.807) is 0 Å². The van der Waals surface area contributed by atoms with Crippen molar-refractivity contribution in [3.05, 3.63) is 48.6 Å². The van der Waals surface area contributed by atoms with Gasteiger partial charge in [0.15, 0.2) is 6.10 Å². The average Bonchev–Trinajstić information content (AvgIpc) is 3.41. The third-order valence-electron chi connectivity index (χ3n) is 15.1. The van der Waals surface area contributed by atoms with Crippen LogP contribution in [0, 0.1) is 0 Å². The number of likely N-dealkylation sites (N-methyl/N-ethyl adjacent to an activating group) is 1. The summed E-state index contributed by atoms with van der Waals surface area (Å²) in [4.78, 5) is 38.0. The zero-order valence-electron chi connectivity index (χ0n) is 52.8. The highest BCUT2D eigenvalue weighted by atomic mass is 31.2. The number of phosphoric ester groups is 1. The summed E-state index contributed by atoms with van der Waals surface area (Å²) in [5, 5.41) is 0. The third-order valence-corrected chi connectivity index (χ3v) is 16.1. The van der Waals surface area contributed by atoms with Crippen molar-refractivity contribution in [2.75, 3.05) is 47.5 Å². The first kappa shape index (κ1) is 77.0. The Balaban J connectivity index is 3.93. The molecule has 0 saturated carbocycles. The van der Waals surface area contributed by atoms with Crippen molar-refractivity contribution in [3.63, 3.8) is 0 Å². The van der Waals surface area contributed by atoms with Crippen LogP contribution in [0.5, 0.6) is 0 Å². The molecule has 0 saturated heterocycles. The molecular formula is C69H130NO8P. The Bertz CT molecular complexity index is 1470. The Kier molecular flexibility index (Phi) is 59.0. The van der Waals surface area contributed by atoms with Crippen LogP contribution in [-0.4, -0.2) is 70.0 Å². The molecule has 0 spiro atoms. The summed E-state index contributed by atoms with van der Waals surface area (Å²) in [5.41, 5.74) is 0. The monoisotopic (exact) mass is 1130 g/mol. The highest BCUT2D eigenvalue weighted by Crippen LogP contribution is 2.38. The number of phosphoric acid groups is 1. The number of hydrogen-bond donors (Lipinski definition) is 0. The van der Waals surface area contributed by atoms with Gasteiger partial charge in [0, 0.05) is 12.8 Å². The quantitative estimate of drug-likeness (QED) is 0.0195. The molecule has 0 bridgehead atoms. The number of carbonyl (C=O) groups excluding carboxylic acids is 2. The molecule has 79 heavy (non-hydrogen) atoms. The van der Waals surface area contributed by atoms with Gasteiger partial charge in [0.05, 0.1) is 27.7 Å². The maximum Gasteiger partial charge on any atom is 0.306 e. The highest BCUT2D eigenvalue weighted by Gasteiger charge is 2.22. The van der Waals surface area contributed by atoms with Gasteiger partial charge in [-0.2, -0.15) is 0 Å². The molecule has 0 aromatic rings. The minimum Gasteiger partial charge on any atom is -0.756 e. The molecule has 0 fully saturated rings. The third kappa shape index (κ3) is 65.0. The van der Waals surface area contributed by atoms with Gasteiger partial charge in [0.1, 0.15) is 19.8 Å². The number of unbranched alkanes of at least 4 members (excludes halogenated alkanes) is 41. The highest BCUT2D eigenvalue weighted by molar-refractivity contribution is 7.45. The Labute approximate surface area is 490 Å². The van der Waals surface area contributed by atoms with Crippen molar-refractivity contribution in [1.29, 1.82) is 0 Å². The Hall–Kier alpha value is -2.03. The lowest BCUT2D eigenvalue weighted by Gasteiger charge is -2.28. The number of esters is 2. The minimum absolute atomic E-state index is 0.0275. The summed E-state index contributed by atoms with van der Waals surface area (Å²) >= 11 is 0. The summed E-state index contributed by atoms with van der Waals surface area (Å²) in [6, 6.07) is 0. The molecule has 0 amide bonds. The number of carbonyl (C=O) groups is 2. The number of quaternary nitrogens is 1. The summed E-state index contributed by atoms with van der Waals surface area (Å²) < 4.78 is 34.3. The zero-order chi connectivity index (χ0) is 57.7. The van der Waals surface area contributed by atoms with Gasteiger partial charge in [-0.1, -0.05) is 313 Å². The second kappa shape index (κ2) is 60.6. The Morgan fingerprint density at radius 1 is 0.405 bits per heavy atom. The van der Waals surface area contributed by atoms with E-state index in [9.17, 15) is 19.0 Å². The van der Waals surface area contributed by atoms with Crippen molar-refractivity contribution >= 4 is 19.8 Å². The fourth-order valence-electron chi connectivity index (χ4n) is 9.95. The van der Waals surface area contributed by atoms with Crippen LogP contribution in [-0.2, 0) is 32.7 Å². The molecule has 10 heteroatoms. The Morgan fingerprint density at radius 2 is 0.722 bits per heavy atom. The van der Waals surface area contributed by atoms with Crippen LogP contribution < -0.4 is 4.89 Å². The standard InChI is InChI=1S/C69H130NO8P/c1-6-8-10-12-14-16-18-20-22-24-26-27-28-29-30-31-32-33-34-35-36-37-38-39-40-41-42-43-44-46-48-50-52-54-56-58-60-62-69(72)78-67(66-77-79(73,74)76-64-63-70(3,4)5)65-75-68(71)61-59-57-55-53-51-49-47-45-25-23-21-19-17-15-13-11-9-7-2/h8,10,14,16,20,22,26-27,67H,6-7,9,11-13,15,17-19,21,23-25,28-66H2,1-5H3/b10-8-,16-14-,22-20-,27-26-. The molecule has 0 aromatic carbocycles. The SMILES string of the molecule is CC/C=C\C/C=C\C/C=C\C/C=C\CCCCCCCCCCCCCCCCCCCCCCCCCCC(=O)OC(COC(=O)CCCCCCCCCCCCCCCCCCCC)COP(=O)([O-])OCC[N+](C)(C)C. The van der Waals surface area contributed by atoms with E-state index < -0.39 is 26.5 Å². The van der Waals surface area contributed by atoms with Crippen LogP contribution in [0.1, 0.15) is 328 Å². The molecule has 464 valence electrons. The van der Waals surface area contributed by atoms with Crippen LogP contribution in [0.2, 0.25) is 0 Å². The van der Waals surface area contributed by atoms with E-state index in [4.69, 9.17) is 18.5 Å². The lowest BCUT2D eigenvalue weighted by Crippen LogP contribution is -2.37. The normalized spacial score (nSPS) is 13.4. The molecule has 0 aliphatic rings. The predicted molar refractivity (Wildman–Crippen MR) is 337 cm³/mol. The van der Waals surface area contributed by atoms with Crippen molar-refractivity contribution in [2.24, 2.45) is 0 Å². The van der Waals surface area contributed by atoms with E-state index >= 15 is 0 Å². The number of rotatable bonds is 63. The van der Waals surface area contributed by atoms with Crippen LogP contribution in [0.15, 0.2) is 48.6 Å². The van der Waals surface area contributed by atoms with Crippen LogP contribution in [0.25, 0.3) is 0 Å². The smallest absolute Gasteiger partial charge is 0.306 e. The molecule has 2 atom stereocenters.